The van der Waals surface area contributed by atoms with Gasteiger partial charge in [-0.15, -0.1) is 0 Å². The van der Waals surface area contributed by atoms with E-state index in [4.69, 9.17) is 5.11 Å². The number of hydrogen-bond acceptors (Lipinski definition) is 2. The zero-order valence-corrected chi connectivity index (χ0v) is 10.5. The first-order valence-corrected chi connectivity index (χ1v) is 5.86. The first-order chi connectivity index (χ1) is 8.50. The molecule has 2 amide bonds. The number of anilines is 1. The van der Waals surface area contributed by atoms with E-state index >= 15 is 0 Å². The topological polar surface area (TPSA) is 60.9 Å². The zero-order chi connectivity index (χ0) is 13.3. The van der Waals surface area contributed by atoms with Crippen LogP contribution in [0.3, 0.4) is 0 Å². The third-order valence-electron chi connectivity index (χ3n) is 3.29. The van der Waals surface area contributed by atoms with Crippen LogP contribution in [0.2, 0.25) is 0 Å². The van der Waals surface area contributed by atoms with Crippen molar-refractivity contribution in [2.45, 2.75) is 12.8 Å². The molecule has 0 aromatic heterocycles. The number of amides is 2. The minimum atomic E-state index is -0.847. The average molecular weight is 248 g/mol. The molecule has 0 spiro atoms. The number of carbonyl (C=O) groups excluding carboxylic acids is 1. The monoisotopic (exact) mass is 248 g/mol. The highest BCUT2D eigenvalue weighted by Gasteiger charge is 2.26. The molecule has 1 atom stereocenters. The highest BCUT2D eigenvalue weighted by atomic mass is 16.4. The lowest BCUT2D eigenvalue weighted by Crippen LogP contribution is -2.29. The standard InChI is InChI=1S/C13H16N2O3/c1-9(12(16)17)10-3-5-11(6-4-10)15-8-7-14(2)13(15)18/h3-6,9H,7-8H2,1-2H3,(H,16,17)/t9-/m0/s1. The number of aliphatic carboxylic acids is 1. The summed E-state index contributed by atoms with van der Waals surface area (Å²) in [6.45, 7) is 3.03. The van der Waals surface area contributed by atoms with Crippen molar-refractivity contribution in [1.29, 1.82) is 0 Å². The number of likely N-dealkylation sites (N-methyl/N-ethyl adjacent to an activating group) is 1. The van der Waals surface area contributed by atoms with Crippen molar-refractivity contribution >= 4 is 17.7 Å². The van der Waals surface area contributed by atoms with Gasteiger partial charge in [0.1, 0.15) is 0 Å². The first kappa shape index (κ1) is 12.4. The molecule has 0 bridgehead atoms. The van der Waals surface area contributed by atoms with Gasteiger partial charge >= 0.3 is 12.0 Å². The summed E-state index contributed by atoms with van der Waals surface area (Å²) in [6, 6.07) is 7.10. The fourth-order valence-corrected chi connectivity index (χ4v) is 1.97. The van der Waals surface area contributed by atoms with Crippen molar-refractivity contribution in [2.24, 2.45) is 0 Å². The van der Waals surface area contributed by atoms with Crippen LogP contribution in [-0.4, -0.2) is 42.1 Å². The van der Waals surface area contributed by atoms with Gasteiger partial charge in [-0.2, -0.15) is 0 Å². The second-order valence-corrected chi connectivity index (χ2v) is 4.51. The number of carboxylic acids is 1. The molecule has 1 fully saturated rings. The van der Waals surface area contributed by atoms with Gasteiger partial charge in [0.25, 0.3) is 0 Å². The third-order valence-corrected chi connectivity index (χ3v) is 3.29. The maximum atomic E-state index is 11.8. The quantitative estimate of drug-likeness (QED) is 0.886. The van der Waals surface area contributed by atoms with Gasteiger partial charge in [0.05, 0.1) is 5.92 Å². The summed E-state index contributed by atoms with van der Waals surface area (Å²) in [7, 11) is 1.77. The Morgan fingerprint density at radius 3 is 2.33 bits per heavy atom. The Morgan fingerprint density at radius 2 is 1.89 bits per heavy atom. The Bertz CT molecular complexity index is 470. The summed E-state index contributed by atoms with van der Waals surface area (Å²) in [5.74, 6) is -1.38. The second kappa shape index (κ2) is 4.68. The van der Waals surface area contributed by atoms with Gasteiger partial charge in [0.15, 0.2) is 0 Å². The highest BCUT2D eigenvalue weighted by Crippen LogP contribution is 2.23. The van der Waals surface area contributed by atoms with E-state index in [1.54, 1.807) is 48.0 Å². The highest BCUT2D eigenvalue weighted by molar-refractivity contribution is 5.94. The SMILES string of the molecule is C[C@H](C(=O)O)c1ccc(N2CCN(C)C2=O)cc1. The molecular weight excluding hydrogens is 232 g/mol. The number of urea groups is 1. The van der Waals surface area contributed by atoms with Gasteiger partial charge in [-0.25, -0.2) is 4.79 Å². The van der Waals surface area contributed by atoms with Crippen LogP contribution in [0.15, 0.2) is 24.3 Å². The Morgan fingerprint density at radius 1 is 1.28 bits per heavy atom. The summed E-state index contributed by atoms with van der Waals surface area (Å²) in [5, 5.41) is 8.92. The molecule has 0 unspecified atom stereocenters. The fourth-order valence-electron chi connectivity index (χ4n) is 1.97. The number of rotatable bonds is 3. The molecule has 0 saturated carbocycles. The number of benzene rings is 1. The van der Waals surface area contributed by atoms with E-state index in [2.05, 4.69) is 0 Å². The van der Waals surface area contributed by atoms with E-state index in [1.165, 1.54) is 0 Å². The molecule has 1 aromatic carbocycles. The number of carbonyl (C=O) groups is 2. The van der Waals surface area contributed by atoms with Crippen molar-refractivity contribution in [2.75, 3.05) is 25.0 Å². The van der Waals surface area contributed by atoms with Gasteiger partial charge in [-0.05, 0) is 24.6 Å². The molecule has 0 aliphatic carbocycles. The van der Waals surface area contributed by atoms with E-state index < -0.39 is 11.9 Å². The summed E-state index contributed by atoms with van der Waals surface area (Å²) in [4.78, 5) is 26.0. The Balaban J connectivity index is 2.18. The van der Waals surface area contributed by atoms with E-state index in [0.717, 1.165) is 11.3 Å². The normalized spacial score (nSPS) is 17.1. The average Bonchev–Trinajstić information content (AvgIpc) is 2.69. The van der Waals surface area contributed by atoms with E-state index in [1.807, 2.05) is 0 Å². The predicted octanol–water partition coefficient (Wildman–Crippen LogP) is 1.75. The van der Waals surface area contributed by atoms with Crippen LogP contribution in [0.5, 0.6) is 0 Å². The Labute approximate surface area is 106 Å². The zero-order valence-electron chi connectivity index (χ0n) is 10.5. The summed E-state index contributed by atoms with van der Waals surface area (Å²) < 4.78 is 0. The molecule has 5 heteroatoms. The molecule has 1 aliphatic rings. The summed E-state index contributed by atoms with van der Waals surface area (Å²) in [5.41, 5.74) is 1.55. The largest absolute Gasteiger partial charge is 0.481 e. The fraction of sp³-hybridized carbons (Fsp3) is 0.385. The van der Waals surface area contributed by atoms with Crippen molar-refractivity contribution in [3.05, 3.63) is 29.8 Å². The van der Waals surface area contributed by atoms with Gasteiger partial charge in [0, 0.05) is 25.8 Å². The molecule has 1 heterocycles. The van der Waals surface area contributed by atoms with Crippen LogP contribution in [-0.2, 0) is 4.79 Å². The predicted molar refractivity (Wildman–Crippen MR) is 67.9 cm³/mol. The van der Waals surface area contributed by atoms with Crippen molar-refractivity contribution in [3.8, 4) is 0 Å². The molecule has 1 saturated heterocycles. The van der Waals surface area contributed by atoms with Crippen LogP contribution in [0.1, 0.15) is 18.4 Å². The smallest absolute Gasteiger partial charge is 0.324 e. The Hall–Kier alpha value is -2.04. The lowest BCUT2D eigenvalue weighted by atomic mass is 10.0. The second-order valence-electron chi connectivity index (χ2n) is 4.51. The van der Waals surface area contributed by atoms with Crippen LogP contribution in [0, 0.1) is 0 Å². The molecule has 0 radical (unpaired) electrons. The lowest BCUT2D eigenvalue weighted by Gasteiger charge is -2.17. The van der Waals surface area contributed by atoms with E-state index in [0.29, 0.717) is 13.1 Å². The minimum absolute atomic E-state index is 0.0194. The number of hydrogen-bond donors (Lipinski definition) is 1. The molecule has 1 N–H and O–H groups in total. The van der Waals surface area contributed by atoms with Gasteiger partial charge in [0.2, 0.25) is 0 Å². The van der Waals surface area contributed by atoms with Crippen LogP contribution >= 0.6 is 0 Å². The van der Waals surface area contributed by atoms with Crippen LogP contribution in [0.25, 0.3) is 0 Å². The molecule has 5 nitrogen and oxygen atoms in total. The first-order valence-electron chi connectivity index (χ1n) is 5.86. The maximum absolute atomic E-state index is 11.8. The maximum Gasteiger partial charge on any atom is 0.324 e. The van der Waals surface area contributed by atoms with E-state index in [-0.39, 0.29) is 6.03 Å². The van der Waals surface area contributed by atoms with Crippen molar-refractivity contribution in [1.82, 2.24) is 4.90 Å². The molecule has 96 valence electrons. The minimum Gasteiger partial charge on any atom is -0.481 e. The van der Waals surface area contributed by atoms with Gasteiger partial charge < -0.3 is 10.0 Å². The number of carboxylic acid groups (broad SMARTS) is 1. The van der Waals surface area contributed by atoms with E-state index in [9.17, 15) is 9.59 Å². The molecule has 18 heavy (non-hydrogen) atoms. The van der Waals surface area contributed by atoms with Gasteiger partial charge in [-0.3, -0.25) is 9.69 Å². The van der Waals surface area contributed by atoms with Crippen LogP contribution < -0.4 is 4.90 Å². The molecule has 1 aromatic rings. The lowest BCUT2D eigenvalue weighted by molar-refractivity contribution is -0.138. The molecular formula is C13H16N2O3. The van der Waals surface area contributed by atoms with Crippen molar-refractivity contribution < 1.29 is 14.7 Å². The Kier molecular flexibility index (Phi) is 3.23. The summed E-state index contributed by atoms with van der Waals surface area (Å²) in [6.07, 6.45) is 0. The third kappa shape index (κ3) is 2.16. The van der Waals surface area contributed by atoms with Crippen molar-refractivity contribution in [3.63, 3.8) is 0 Å². The van der Waals surface area contributed by atoms with Crippen LogP contribution in [0.4, 0.5) is 10.5 Å². The summed E-state index contributed by atoms with van der Waals surface area (Å²) >= 11 is 0. The molecule has 2 rings (SSSR count). The number of nitrogens with zero attached hydrogens (tertiary/aromatic N) is 2. The van der Waals surface area contributed by atoms with Gasteiger partial charge in [-0.1, -0.05) is 12.1 Å². The molecule has 1 aliphatic heterocycles.